The van der Waals surface area contributed by atoms with Crippen molar-refractivity contribution in [1.29, 1.82) is 0 Å². The fourth-order valence-corrected chi connectivity index (χ4v) is 9.49. The third-order valence-electron chi connectivity index (χ3n) is 9.88. The third kappa shape index (κ3) is 3.76. The van der Waals surface area contributed by atoms with Gasteiger partial charge in [0, 0.05) is 46.0 Å². The number of amides is 1. The molecule has 1 saturated heterocycles. The molecule has 4 aliphatic rings. The number of likely N-dealkylation sites (tertiary alicyclic amines) is 1. The number of halogens is 1. The molecule has 6 nitrogen and oxygen atoms in total. The minimum absolute atomic E-state index is 0.118. The Morgan fingerprint density at radius 1 is 1.25 bits per heavy atom. The smallest absolute Gasteiger partial charge is 0.246 e. The maximum absolute atomic E-state index is 13.6. The fourth-order valence-electron chi connectivity index (χ4n) is 8.15. The molecule has 1 spiro atoms. The molecule has 3 heterocycles. The number of thiophene rings is 1. The monoisotopic (exact) mass is 620 g/mol. The van der Waals surface area contributed by atoms with Gasteiger partial charge in [-0.2, -0.15) is 0 Å². The number of hydrogen-bond donors (Lipinski definition) is 2. The molecule has 8 heteroatoms. The number of aromatic hydroxyl groups is 1. The number of phenolic OH excluding ortho intramolecular Hbond substituents is 1. The lowest BCUT2D eigenvalue weighted by molar-refractivity contribution is -0.216. The quantitative estimate of drug-likeness (QED) is 0.373. The van der Waals surface area contributed by atoms with Crippen LogP contribution in [0.1, 0.15) is 40.8 Å². The van der Waals surface area contributed by atoms with E-state index in [1.54, 1.807) is 28.4 Å². The van der Waals surface area contributed by atoms with E-state index >= 15 is 0 Å². The van der Waals surface area contributed by atoms with Crippen molar-refractivity contribution in [2.24, 2.45) is 0 Å². The number of phenols is 1. The average molecular weight is 622 g/mol. The average Bonchev–Trinajstić information content (AvgIpc) is 3.53. The van der Waals surface area contributed by atoms with Crippen LogP contribution >= 0.6 is 27.3 Å². The van der Waals surface area contributed by atoms with Crippen LogP contribution in [0.5, 0.6) is 11.5 Å². The third-order valence-corrected chi connectivity index (χ3v) is 11.5. The van der Waals surface area contributed by atoms with E-state index in [0.717, 1.165) is 52.8 Å². The van der Waals surface area contributed by atoms with E-state index in [0.29, 0.717) is 18.6 Å². The Bertz CT molecular complexity index is 1490. The van der Waals surface area contributed by atoms with Gasteiger partial charge in [0.1, 0.15) is 11.7 Å². The molecule has 2 aliphatic carbocycles. The SMILES string of the molecule is CN(C(=O)/C=C/c1cc(Br)cs1)C1CCC2Oc3c(O)ccc4c3[C@@]23CCN(CCc2ccccc2)[C@H](C4)[C@]13O. The number of likely N-dealkylation sites (N-methyl/N-ethyl adjacent to an activating group) is 1. The highest BCUT2D eigenvalue weighted by Gasteiger charge is 2.74. The molecule has 2 aliphatic heterocycles. The van der Waals surface area contributed by atoms with Gasteiger partial charge >= 0.3 is 0 Å². The van der Waals surface area contributed by atoms with Gasteiger partial charge in [-0.05, 0) is 83.9 Å². The van der Waals surface area contributed by atoms with Crippen LogP contribution in [0.2, 0.25) is 0 Å². The summed E-state index contributed by atoms with van der Waals surface area (Å²) in [6, 6.07) is 15.7. The largest absolute Gasteiger partial charge is 0.504 e. The maximum atomic E-state index is 13.6. The summed E-state index contributed by atoms with van der Waals surface area (Å²) in [6.45, 7) is 1.67. The van der Waals surface area contributed by atoms with Gasteiger partial charge in [0.25, 0.3) is 0 Å². The summed E-state index contributed by atoms with van der Waals surface area (Å²) >= 11 is 5.05. The predicted molar refractivity (Wildman–Crippen MR) is 160 cm³/mol. The minimum atomic E-state index is -1.22. The molecule has 208 valence electrons. The molecule has 2 aromatic carbocycles. The number of rotatable bonds is 6. The summed E-state index contributed by atoms with van der Waals surface area (Å²) in [5.41, 5.74) is 1.51. The first-order valence-corrected chi connectivity index (χ1v) is 15.7. The fraction of sp³-hybridized carbons (Fsp3) is 0.406. The second kappa shape index (κ2) is 9.72. The van der Waals surface area contributed by atoms with Gasteiger partial charge in [-0.3, -0.25) is 9.69 Å². The zero-order chi connectivity index (χ0) is 27.6. The summed E-state index contributed by atoms with van der Waals surface area (Å²) in [5.74, 6) is 0.559. The van der Waals surface area contributed by atoms with Crippen LogP contribution in [0.25, 0.3) is 6.08 Å². The Morgan fingerprint density at radius 3 is 2.85 bits per heavy atom. The number of aliphatic hydroxyl groups is 1. The molecule has 2 fully saturated rings. The van der Waals surface area contributed by atoms with E-state index in [4.69, 9.17) is 4.74 Å². The molecule has 2 unspecified atom stereocenters. The molecular weight excluding hydrogens is 588 g/mol. The molecule has 40 heavy (non-hydrogen) atoms. The zero-order valence-electron chi connectivity index (χ0n) is 22.4. The molecule has 1 saturated carbocycles. The van der Waals surface area contributed by atoms with Crippen molar-refractivity contribution in [3.05, 3.63) is 86.0 Å². The summed E-state index contributed by atoms with van der Waals surface area (Å²) < 4.78 is 7.48. The van der Waals surface area contributed by atoms with Gasteiger partial charge in [-0.1, -0.05) is 36.4 Å². The van der Waals surface area contributed by atoms with Crippen molar-refractivity contribution in [1.82, 2.24) is 9.80 Å². The Kier molecular flexibility index (Phi) is 6.38. The summed E-state index contributed by atoms with van der Waals surface area (Å²) in [4.78, 5) is 18.8. The number of hydrogen-bond acceptors (Lipinski definition) is 6. The van der Waals surface area contributed by atoms with Gasteiger partial charge in [0.2, 0.25) is 5.91 Å². The lowest BCUT2D eigenvalue weighted by Gasteiger charge is -2.66. The molecule has 3 aromatic rings. The second-order valence-corrected chi connectivity index (χ2v) is 13.5. The predicted octanol–water partition coefficient (Wildman–Crippen LogP) is 5.15. The molecule has 2 N–H and O–H groups in total. The van der Waals surface area contributed by atoms with Crippen molar-refractivity contribution in [3.8, 4) is 11.5 Å². The molecular formula is C32H33BrN2O4S. The van der Waals surface area contributed by atoms with Crippen molar-refractivity contribution in [2.45, 2.75) is 61.3 Å². The number of benzene rings is 2. The van der Waals surface area contributed by atoms with Crippen molar-refractivity contribution >= 4 is 39.2 Å². The van der Waals surface area contributed by atoms with E-state index in [1.165, 1.54) is 5.56 Å². The van der Waals surface area contributed by atoms with E-state index in [-0.39, 0.29) is 29.8 Å². The van der Waals surface area contributed by atoms with Crippen LogP contribution in [-0.2, 0) is 23.1 Å². The van der Waals surface area contributed by atoms with E-state index < -0.39 is 11.0 Å². The molecule has 7 rings (SSSR count). The van der Waals surface area contributed by atoms with E-state index in [2.05, 4.69) is 45.1 Å². The van der Waals surface area contributed by atoms with Crippen LogP contribution in [0.4, 0.5) is 0 Å². The molecule has 2 bridgehead atoms. The summed E-state index contributed by atoms with van der Waals surface area (Å²) in [7, 11) is 1.83. The number of ether oxygens (including phenoxy) is 1. The van der Waals surface area contributed by atoms with Gasteiger partial charge in [-0.15, -0.1) is 11.3 Å². The number of piperidine rings is 1. The highest BCUT2D eigenvalue weighted by Crippen LogP contribution is 2.65. The standard InChI is InChI=1S/C32H33BrN2O4S/c1-34(28(37)12-8-23-18-22(33)19-40-23)25-10-11-27-31-14-16-35(15-13-20-5-3-2-4-6-20)26(32(25,31)38)17-21-7-9-24(36)30(39-27)29(21)31/h2-9,12,18-19,25-27,36,38H,10-11,13-17H2,1H3/b12-8+/t25?,26-,27?,31-,32-/m1/s1. The Labute approximate surface area is 247 Å². The zero-order valence-corrected chi connectivity index (χ0v) is 24.8. The Hall–Kier alpha value is -2.65. The Balaban J connectivity index is 1.28. The maximum Gasteiger partial charge on any atom is 0.246 e. The van der Waals surface area contributed by atoms with Crippen molar-refractivity contribution in [3.63, 3.8) is 0 Å². The van der Waals surface area contributed by atoms with Crippen molar-refractivity contribution in [2.75, 3.05) is 20.1 Å². The van der Waals surface area contributed by atoms with Crippen LogP contribution in [0.15, 0.2) is 64.5 Å². The normalized spacial score (nSPS) is 30.2. The van der Waals surface area contributed by atoms with Gasteiger partial charge < -0.3 is 19.8 Å². The first kappa shape index (κ1) is 26.3. The first-order chi connectivity index (χ1) is 19.3. The molecule has 1 amide bonds. The van der Waals surface area contributed by atoms with Gasteiger partial charge in [-0.25, -0.2) is 0 Å². The van der Waals surface area contributed by atoms with Crippen LogP contribution in [-0.4, -0.2) is 69.8 Å². The second-order valence-electron chi connectivity index (χ2n) is 11.6. The highest BCUT2D eigenvalue weighted by atomic mass is 79.9. The molecule has 0 radical (unpaired) electrons. The topological polar surface area (TPSA) is 73.2 Å². The summed E-state index contributed by atoms with van der Waals surface area (Å²) in [5, 5.41) is 26.0. The lowest BCUT2D eigenvalue weighted by atomic mass is 9.47. The minimum Gasteiger partial charge on any atom is -0.504 e. The van der Waals surface area contributed by atoms with Crippen LogP contribution < -0.4 is 4.74 Å². The van der Waals surface area contributed by atoms with Crippen LogP contribution in [0, 0.1) is 0 Å². The molecule has 1 aromatic heterocycles. The lowest BCUT2D eigenvalue weighted by Crippen LogP contribution is -2.81. The Morgan fingerprint density at radius 2 is 2.08 bits per heavy atom. The van der Waals surface area contributed by atoms with Crippen molar-refractivity contribution < 1.29 is 19.7 Å². The number of nitrogens with zero attached hydrogens (tertiary/aromatic N) is 2. The highest BCUT2D eigenvalue weighted by molar-refractivity contribution is 9.10. The molecule has 5 atom stereocenters. The van der Waals surface area contributed by atoms with E-state index in [9.17, 15) is 15.0 Å². The van der Waals surface area contributed by atoms with Gasteiger partial charge in [0.15, 0.2) is 11.5 Å². The van der Waals surface area contributed by atoms with Crippen LogP contribution in [0.3, 0.4) is 0 Å². The number of carbonyl (C=O) groups excluding carboxylic acids is 1. The van der Waals surface area contributed by atoms with Gasteiger partial charge in [0.05, 0.1) is 11.5 Å². The number of carbonyl (C=O) groups is 1. The first-order valence-electron chi connectivity index (χ1n) is 14.0. The summed E-state index contributed by atoms with van der Waals surface area (Å²) in [6.07, 6.45) is 6.87. The van der Waals surface area contributed by atoms with E-state index in [1.807, 2.05) is 36.7 Å².